The van der Waals surface area contributed by atoms with Crippen LogP contribution in [0.4, 0.5) is 0 Å². The summed E-state index contributed by atoms with van der Waals surface area (Å²) in [6.45, 7) is 3.79. The van der Waals surface area contributed by atoms with Gasteiger partial charge in [-0.3, -0.25) is 9.69 Å². The Bertz CT molecular complexity index is 770. The summed E-state index contributed by atoms with van der Waals surface area (Å²) in [7, 11) is -1.43. The lowest BCUT2D eigenvalue weighted by molar-refractivity contribution is 0.00316. The van der Waals surface area contributed by atoms with Crippen LogP contribution >= 0.6 is 0 Å². The molecule has 1 aromatic heterocycles. The summed E-state index contributed by atoms with van der Waals surface area (Å²) in [6, 6.07) is 2.11. The maximum Gasteiger partial charge on any atom is 0.272 e. The van der Waals surface area contributed by atoms with Crippen molar-refractivity contribution in [3.8, 4) is 0 Å². The van der Waals surface area contributed by atoms with Crippen molar-refractivity contribution >= 4 is 15.9 Å². The molecule has 1 aromatic rings. The van der Waals surface area contributed by atoms with Gasteiger partial charge in [0, 0.05) is 64.7 Å². The van der Waals surface area contributed by atoms with Crippen molar-refractivity contribution in [1.82, 2.24) is 24.1 Å². The first-order chi connectivity index (χ1) is 13.9. The van der Waals surface area contributed by atoms with Crippen molar-refractivity contribution in [1.29, 1.82) is 0 Å². The number of hydrogen-bond acceptors (Lipinski definition) is 7. The number of carbonyl (C=O) groups is 1. The van der Waals surface area contributed by atoms with Gasteiger partial charge in [0.2, 0.25) is 10.0 Å². The SMILES string of the molecule is CN(CCN(C1CCOCC1)C1CCCN(S(C)(=O)=O)C1)C(=O)c1ccncn1. The van der Waals surface area contributed by atoms with E-state index in [0.717, 1.165) is 38.9 Å². The van der Waals surface area contributed by atoms with Gasteiger partial charge in [0.25, 0.3) is 5.91 Å². The highest BCUT2D eigenvalue weighted by Gasteiger charge is 2.34. The van der Waals surface area contributed by atoms with Gasteiger partial charge in [0.15, 0.2) is 0 Å². The molecule has 2 aliphatic rings. The highest BCUT2D eigenvalue weighted by Crippen LogP contribution is 2.24. The maximum atomic E-state index is 12.6. The van der Waals surface area contributed by atoms with Crippen molar-refractivity contribution < 1.29 is 17.9 Å². The molecule has 0 N–H and O–H groups in total. The van der Waals surface area contributed by atoms with Gasteiger partial charge >= 0.3 is 0 Å². The van der Waals surface area contributed by atoms with Crippen LogP contribution in [-0.2, 0) is 14.8 Å². The summed E-state index contributed by atoms with van der Waals surface area (Å²) in [5.41, 5.74) is 0.376. The minimum atomic E-state index is -3.20. The molecule has 1 amide bonds. The molecule has 2 aliphatic heterocycles. The third kappa shape index (κ3) is 5.94. The van der Waals surface area contributed by atoms with Gasteiger partial charge in [-0.05, 0) is 31.7 Å². The number of hydrogen-bond donors (Lipinski definition) is 0. The van der Waals surface area contributed by atoms with E-state index in [-0.39, 0.29) is 11.9 Å². The van der Waals surface area contributed by atoms with Crippen LogP contribution in [0.15, 0.2) is 18.6 Å². The monoisotopic (exact) mass is 425 g/mol. The van der Waals surface area contributed by atoms with Gasteiger partial charge in [-0.1, -0.05) is 0 Å². The van der Waals surface area contributed by atoms with E-state index in [9.17, 15) is 13.2 Å². The van der Waals surface area contributed by atoms with Gasteiger partial charge < -0.3 is 9.64 Å². The lowest BCUT2D eigenvalue weighted by Gasteiger charge is -2.44. The lowest BCUT2D eigenvalue weighted by Crippen LogP contribution is -2.55. The highest BCUT2D eigenvalue weighted by atomic mass is 32.2. The molecule has 2 fully saturated rings. The summed E-state index contributed by atoms with van der Waals surface area (Å²) in [6.07, 6.45) is 7.89. The molecular formula is C19H31N5O4S. The molecule has 2 saturated heterocycles. The Morgan fingerprint density at radius 1 is 1.24 bits per heavy atom. The third-order valence-corrected chi connectivity index (χ3v) is 7.07. The van der Waals surface area contributed by atoms with E-state index in [1.807, 2.05) is 0 Å². The summed E-state index contributed by atoms with van der Waals surface area (Å²) < 4.78 is 31.2. The van der Waals surface area contributed by atoms with E-state index in [4.69, 9.17) is 4.74 Å². The zero-order chi connectivity index (χ0) is 20.9. The van der Waals surface area contributed by atoms with Crippen LogP contribution in [0, 0.1) is 0 Å². The van der Waals surface area contributed by atoms with Crippen LogP contribution in [0.3, 0.4) is 0 Å². The van der Waals surface area contributed by atoms with Gasteiger partial charge in [-0.15, -0.1) is 0 Å². The Labute approximate surface area is 173 Å². The second kappa shape index (κ2) is 9.92. The Kier molecular flexibility index (Phi) is 7.55. The average Bonchev–Trinajstić information content (AvgIpc) is 2.74. The van der Waals surface area contributed by atoms with E-state index in [1.165, 1.54) is 12.6 Å². The number of carbonyl (C=O) groups excluding carboxylic acids is 1. The summed E-state index contributed by atoms with van der Waals surface area (Å²) in [5, 5.41) is 0. The molecule has 3 rings (SSSR count). The van der Waals surface area contributed by atoms with Crippen LogP contribution < -0.4 is 0 Å². The zero-order valence-electron chi connectivity index (χ0n) is 17.2. The molecule has 1 unspecified atom stereocenters. The highest BCUT2D eigenvalue weighted by molar-refractivity contribution is 7.88. The predicted octanol–water partition coefficient (Wildman–Crippen LogP) is 0.454. The van der Waals surface area contributed by atoms with Gasteiger partial charge in [-0.2, -0.15) is 0 Å². The Morgan fingerprint density at radius 3 is 2.66 bits per heavy atom. The molecule has 162 valence electrons. The molecule has 0 aromatic carbocycles. The van der Waals surface area contributed by atoms with Gasteiger partial charge in [0.05, 0.1) is 6.26 Å². The fraction of sp³-hybridized carbons (Fsp3) is 0.737. The van der Waals surface area contributed by atoms with E-state index in [0.29, 0.717) is 37.9 Å². The molecule has 10 heteroatoms. The van der Waals surface area contributed by atoms with Crippen molar-refractivity contribution in [3.63, 3.8) is 0 Å². The van der Waals surface area contributed by atoms with E-state index in [2.05, 4.69) is 14.9 Å². The molecular weight excluding hydrogens is 394 g/mol. The number of likely N-dealkylation sites (N-methyl/N-ethyl adjacent to an activating group) is 1. The Balaban J connectivity index is 1.68. The lowest BCUT2D eigenvalue weighted by atomic mass is 9.99. The Hall–Kier alpha value is -1.62. The molecule has 0 bridgehead atoms. The first-order valence-corrected chi connectivity index (χ1v) is 12.0. The number of rotatable bonds is 7. The number of nitrogens with zero attached hydrogens (tertiary/aromatic N) is 5. The number of aromatic nitrogens is 2. The number of ether oxygens (including phenoxy) is 1. The first-order valence-electron chi connectivity index (χ1n) is 10.2. The topological polar surface area (TPSA) is 95.9 Å². The van der Waals surface area contributed by atoms with E-state index in [1.54, 1.807) is 28.5 Å². The van der Waals surface area contributed by atoms with E-state index >= 15 is 0 Å². The minimum Gasteiger partial charge on any atom is -0.381 e. The second-order valence-electron chi connectivity index (χ2n) is 7.82. The molecule has 29 heavy (non-hydrogen) atoms. The van der Waals surface area contributed by atoms with Gasteiger partial charge in [0.1, 0.15) is 12.0 Å². The second-order valence-corrected chi connectivity index (χ2v) is 9.80. The van der Waals surface area contributed by atoms with Crippen LogP contribution in [0.2, 0.25) is 0 Å². The van der Waals surface area contributed by atoms with Crippen molar-refractivity contribution in [2.45, 2.75) is 37.8 Å². The fourth-order valence-corrected chi connectivity index (χ4v) is 5.06. The quantitative estimate of drug-likeness (QED) is 0.626. The zero-order valence-corrected chi connectivity index (χ0v) is 18.1. The largest absolute Gasteiger partial charge is 0.381 e. The average molecular weight is 426 g/mol. The predicted molar refractivity (Wildman–Crippen MR) is 109 cm³/mol. The molecule has 0 radical (unpaired) electrons. The van der Waals surface area contributed by atoms with E-state index < -0.39 is 10.0 Å². The van der Waals surface area contributed by atoms with Crippen molar-refractivity contribution in [2.75, 3.05) is 52.7 Å². The van der Waals surface area contributed by atoms with Crippen LogP contribution in [0.5, 0.6) is 0 Å². The fourth-order valence-electron chi connectivity index (χ4n) is 4.15. The van der Waals surface area contributed by atoms with Gasteiger partial charge in [-0.25, -0.2) is 22.7 Å². The smallest absolute Gasteiger partial charge is 0.272 e. The van der Waals surface area contributed by atoms with Crippen LogP contribution in [-0.4, -0.2) is 103 Å². The minimum absolute atomic E-state index is 0.138. The van der Waals surface area contributed by atoms with Crippen molar-refractivity contribution in [3.05, 3.63) is 24.3 Å². The van der Waals surface area contributed by atoms with Crippen LogP contribution in [0.1, 0.15) is 36.2 Å². The normalized spacial score (nSPS) is 22.0. The molecule has 3 heterocycles. The summed E-state index contributed by atoms with van der Waals surface area (Å²) >= 11 is 0. The number of amides is 1. The molecule has 0 saturated carbocycles. The summed E-state index contributed by atoms with van der Waals surface area (Å²) in [4.78, 5) is 24.6. The van der Waals surface area contributed by atoms with Crippen LogP contribution in [0.25, 0.3) is 0 Å². The molecule has 1 atom stereocenters. The Morgan fingerprint density at radius 2 is 2.00 bits per heavy atom. The first kappa shape index (κ1) is 22.1. The molecule has 9 nitrogen and oxygen atoms in total. The standard InChI is InChI=1S/C19H31N5O4S/c1-22(19(25)18-5-8-20-15-21-18)10-11-24(16-6-12-28-13-7-16)17-4-3-9-23(14-17)29(2,26)27/h5,8,15-17H,3-4,6-7,9-14H2,1-2H3. The van der Waals surface area contributed by atoms with Crippen molar-refractivity contribution in [2.24, 2.45) is 0 Å². The molecule has 0 aliphatic carbocycles. The summed E-state index contributed by atoms with van der Waals surface area (Å²) in [5.74, 6) is -0.138. The number of piperidine rings is 1. The third-order valence-electron chi connectivity index (χ3n) is 5.80. The number of sulfonamides is 1. The maximum absolute atomic E-state index is 12.6. The molecule has 0 spiro atoms.